The van der Waals surface area contributed by atoms with Crippen LogP contribution in [0, 0.1) is 0 Å². The van der Waals surface area contributed by atoms with E-state index in [0.29, 0.717) is 18.5 Å². The van der Waals surface area contributed by atoms with Crippen LogP contribution in [0.4, 0.5) is 4.79 Å². The standard InChI is InChI=1S/C12H16N4O3/c1-15(11(17)14-13)6-5-8-3-4-10-9(7-8)16(2)12(18)19-10/h3-4,7H,5-6,13H2,1-2H3,(H,14,17). The smallest absolute Gasteiger partial charge is 0.408 e. The first kappa shape index (κ1) is 13.2. The van der Waals surface area contributed by atoms with Crippen molar-refractivity contribution in [2.24, 2.45) is 12.9 Å². The molecule has 0 unspecified atom stereocenters. The first-order chi connectivity index (χ1) is 9.02. The van der Waals surface area contributed by atoms with Gasteiger partial charge in [0.2, 0.25) is 0 Å². The molecule has 0 saturated heterocycles. The lowest BCUT2D eigenvalue weighted by molar-refractivity contribution is 0.209. The minimum absolute atomic E-state index is 0.336. The van der Waals surface area contributed by atoms with Gasteiger partial charge in [0.1, 0.15) is 0 Å². The Morgan fingerprint density at radius 3 is 2.95 bits per heavy atom. The van der Waals surface area contributed by atoms with Gasteiger partial charge < -0.3 is 9.32 Å². The summed E-state index contributed by atoms with van der Waals surface area (Å²) in [6, 6.07) is 5.18. The molecule has 0 bridgehead atoms. The van der Waals surface area contributed by atoms with E-state index in [4.69, 9.17) is 10.3 Å². The van der Waals surface area contributed by atoms with Crippen molar-refractivity contribution in [1.82, 2.24) is 14.9 Å². The molecule has 19 heavy (non-hydrogen) atoms. The van der Waals surface area contributed by atoms with Gasteiger partial charge in [0, 0.05) is 20.6 Å². The molecule has 0 radical (unpaired) electrons. The van der Waals surface area contributed by atoms with Crippen LogP contribution in [-0.2, 0) is 13.5 Å². The molecule has 0 aliphatic rings. The third-order valence-corrected chi connectivity index (χ3v) is 3.06. The highest BCUT2D eigenvalue weighted by Crippen LogP contribution is 2.14. The predicted molar refractivity (Wildman–Crippen MR) is 70.5 cm³/mol. The first-order valence-electron chi connectivity index (χ1n) is 5.83. The lowest BCUT2D eigenvalue weighted by Crippen LogP contribution is -2.41. The second kappa shape index (κ2) is 5.15. The number of carbonyl (C=O) groups is 1. The molecule has 0 saturated carbocycles. The van der Waals surface area contributed by atoms with Crippen LogP contribution in [0.25, 0.3) is 11.1 Å². The summed E-state index contributed by atoms with van der Waals surface area (Å²) in [7, 11) is 3.32. The maximum Gasteiger partial charge on any atom is 0.419 e. The van der Waals surface area contributed by atoms with Crippen LogP contribution in [0.2, 0.25) is 0 Å². The molecule has 1 heterocycles. The van der Waals surface area contributed by atoms with Crippen molar-refractivity contribution >= 4 is 17.1 Å². The monoisotopic (exact) mass is 264 g/mol. The number of rotatable bonds is 3. The number of aryl methyl sites for hydroxylation is 1. The topological polar surface area (TPSA) is 93.5 Å². The third kappa shape index (κ3) is 2.60. The van der Waals surface area contributed by atoms with Gasteiger partial charge >= 0.3 is 11.8 Å². The van der Waals surface area contributed by atoms with E-state index in [0.717, 1.165) is 11.1 Å². The number of nitrogens with zero attached hydrogens (tertiary/aromatic N) is 2. The van der Waals surface area contributed by atoms with Crippen molar-refractivity contribution < 1.29 is 9.21 Å². The summed E-state index contributed by atoms with van der Waals surface area (Å²) in [6.07, 6.45) is 0.666. The van der Waals surface area contributed by atoms with Gasteiger partial charge in [-0.25, -0.2) is 15.4 Å². The lowest BCUT2D eigenvalue weighted by Gasteiger charge is -2.15. The van der Waals surface area contributed by atoms with E-state index in [1.807, 2.05) is 12.1 Å². The van der Waals surface area contributed by atoms with Gasteiger partial charge in [-0.2, -0.15) is 0 Å². The van der Waals surface area contributed by atoms with E-state index in [9.17, 15) is 9.59 Å². The van der Waals surface area contributed by atoms with Gasteiger partial charge in [-0.05, 0) is 24.1 Å². The highest BCUT2D eigenvalue weighted by molar-refractivity contribution is 5.74. The number of hydrazine groups is 1. The number of hydrogen-bond donors (Lipinski definition) is 2. The van der Waals surface area contributed by atoms with Gasteiger partial charge in [0.15, 0.2) is 5.58 Å². The molecule has 2 aromatic rings. The number of urea groups is 1. The van der Waals surface area contributed by atoms with Crippen LogP contribution in [-0.4, -0.2) is 29.1 Å². The number of hydrogen-bond acceptors (Lipinski definition) is 4. The molecule has 1 aromatic heterocycles. The van der Waals surface area contributed by atoms with Crippen LogP contribution in [0.15, 0.2) is 27.4 Å². The summed E-state index contributed by atoms with van der Waals surface area (Å²) < 4.78 is 6.50. The lowest BCUT2D eigenvalue weighted by atomic mass is 10.1. The van der Waals surface area contributed by atoms with E-state index in [1.54, 1.807) is 20.2 Å². The van der Waals surface area contributed by atoms with Crippen LogP contribution in [0.5, 0.6) is 0 Å². The molecule has 7 heteroatoms. The van der Waals surface area contributed by atoms with Crippen molar-refractivity contribution in [2.75, 3.05) is 13.6 Å². The Morgan fingerprint density at radius 1 is 1.53 bits per heavy atom. The van der Waals surface area contributed by atoms with Gasteiger partial charge in [-0.1, -0.05) is 6.07 Å². The summed E-state index contributed by atoms with van der Waals surface area (Å²) in [5.74, 6) is 4.66. The second-order valence-electron chi connectivity index (χ2n) is 4.35. The Labute approximate surface area is 109 Å². The van der Waals surface area contributed by atoms with Crippen molar-refractivity contribution in [2.45, 2.75) is 6.42 Å². The molecule has 1 aromatic carbocycles. The molecule has 102 valence electrons. The highest BCUT2D eigenvalue weighted by Gasteiger charge is 2.09. The Balaban J connectivity index is 2.16. The van der Waals surface area contributed by atoms with Crippen LogP contribution >= 0.6 is 0 Å². The van der Waals surface area contributed by atoms with Crippen LogP contribution in [0.3, 0.4) is 0 Å². The number of benzene rings is 1. The van der Waals surface area contributed by atoms with Crippen molar-refractivity contribution in [1.29, 1.82) is 0 Å². The fourth-order valence-corrected chi connectivity index (χ4v) is 1.84. The number of aromatic nitrogens is 1. The molecule has 2 rings (SSSR count). The van der Waals surface area contributed by atoms with Gasteiger partial charge in [0.25, 0.3) is 0 Å². The zero-order valence-electron chi connectivity index (χ0n) is 10.8. The summed E-state index contributed by atoms with van der Waals surface area (Å²) in [5, 5.41) is 0. The Hall–Kier alpha value is -2.28. The van der Waals surface area contributed by atoms with Crippen molar-refractivity contribution in [3.8, 4) is 0 Å². The fraction of sp³-hybridized carbons (Fsp3) is 0.333. The quantitative estimate of drug-likeness (QED) is 0.470. The van der Waals surface area contributed by atoms with E-state index in [2.05, 4.69) is 5.43 Å². The number of nitrogens with two attached hydrogens (primary N) is 1. The number of amides is 2. The highest BCUT2D eigenvalue weighted by atomic mass is 16.4. The number of carbonyl (C=O) groups excluding carboxylic acids is 1. The molecular formula is C12H16N4O3. The largest absolute Gasteiger partial charge is 0.419 e. The third-order valence-electron chi connectivity index (χ3n) is 3.06. The van der Waals surface area contributed by atoms with E-state index < -0.39 is 0 Å². The molecule has 2 amide bonds. The number of fused-ring (bicyclic) bond motifs is 1. The molecule has 0 aliphatic carbocycles. The SMILES string of the molecule is CN(CCc1ccc2oc(=O)n(C)c2c1)C(=O)NN. The van der Waals surface area contributed by atoms with E-state index in [-0.39, 0.29) is 11.8 Å². The van der Waals surface area contributed by atoms with E-state index >= 15 is 0 Å². The average molecular weight is 264 g/mol. The zero-order chi connectivity index (χ0) is 14.0. The first-order valence-corrected chi connectivity index (χ1v) is 5.83. The maximum atomic E-state index is 11.4. The molecule has 0 atom stereocenters. The Morgan fingerprint density at radius 2 is 2.26 bits per heavy atom. The molecule has 3 N–H and O–H groups in total. The van der Waals surface area contributed by atoms with Gasteiger partial charge in [0.05, 0.1) is 5.52 Å². The predicted octanol–water partition coefficient (Wildman–Crippen LogP) is 0.189. The van der Waals surface area contributed by atoms with Gasteiger partial charge in [-0.15, -0.1) is 0 Å². The minimum atomic E-state index is -0.383. The van der Waals surface area contributed by atoms with Crippen LogP contribution < -0.4 is 17.0 Å². The molecular weight excluding hydrogens is 248 g/mol. The normalized spacial score (nSPS) is 10.7. The Bertz CT molecular complexity index is 659. The van der Waals surface area contributed by atoms with Crippen molar-refractivity contribution in [3.63, 3.8) is 0 Å². The zero-order valence-corrected chi connectivity index (χ0v) is 10.8. The summed E-state index contributed by atoms with van der Waals surface area (Å²) in [4.78, 5) is 24.1. The molecule has 0 aliphatic heterocycles. The van der Waals surface area contributed by atoms with Gasteiger partial charge in [-0.3, -0.25) is 9.99 Å². The summed E-state index contributed by atoms with van der Waals surface area (Å²) in [5.41, 5.74) is 4.39. The second-order valence-corrected chi connectivity index (χ2v) is 4.35. The number of oxazole rings is 1. The molecule has 0 fully saturated rings. The molecule has 7 nitrogen and oxygen atoms in total. The molecule has 0 spiro atoms. The van der Waals surface area contributed by atoms with E-state index in [1.165, 1.54) is 9.47 Å². The fourth-order valence-electron chi connectivity index (χ4n) is 1.84. The number of nitrogens with one attached hydrogen (secondary N) is 1. The maximum absolute atomic E-state index is 11.4. The summed E-state index contributed by atoms with van der Waals surface area (Å²) in [6.45, 7) is 0.528. The minimum Gasteiger partial charge on any atom is -0.408 e. The van der Waals surface area contributed by atoms with Crippen molar-refractivity contribution in [3.05, 3.63) is 34.3 Å². The number of likely N-dealkylation sites (N-methyl/N-ethyl adjacent to an activating group) is 1. The Kier molecular flexibility index (Phi) is 3.57. The van der Waals surface area contributed by atoms with Crippen LogP contribution in [0.1, 0.15) is 5.56 Å². The average Bonchev–Trinajstić information content (AvgIpc) is 2.70. The summed E-state index contributed by atoms with van der Waals surface area (Å²) >= 11 is 0.